The van der Waals surface area contributed by atoms with Crippen LogP contribution in [0.15, 0.2) is 4.79 Å². The number of aliphatic hydroxyl groups is 1. The second-order valence-corrected chi connectivity index (χ2v) is 2.67. The van der Waals surface area contributed by atoms with E-state index in [1.165, 1.54) is 4.68 Å². The summed E-state index contributed by atoms with van der Waals surface area (Å²) in [5.41, 5.74) is 6.25. The number of rotatable bonds is 2. The van der Waals surface area contributed by atoms with E-state index < -0.39 is 0 Å². The molecule has 0 saturated heterocycles. The number of nitrogens with zero attached hydrogens (tertiary/aromatic N) is 2. The maximum absolute atomic E-state index is 11.3. The zero-order chi connectivity index (χ0) is 9.30. The van der Waals surface area contributed by atoms with Crippen LogP contribution in [0.2, 0.25) is 0 Å². The van der Waals surface area contributed by atoms with Crippen molar-refractivity contribution >= 4 is 5.69 Å². The fourth-order valence-corrected chi connectivity index (χ4v) is 1.13. The molecule has 0 unspecified atom stereocenters. The van der Waals surface area contributed by atoms with E-state index in [0.717, 1.165) is 5.69 Å². The molecule has 68 valence electrons. The predicted molar refractivity (Wildman–Crippen MR) is 45.9 cm³/mol. The molecule has 1 aromatic heterocycles. The van der Waals surface area contributed by atoms with Crippen molar-refractivity contribution in [3.05, 3.63) is 16.0 Å². The highest BCUT2D eigenvalue weighted by molar-refractivity contribution is 5.40. The Morgan fingerprint density at radius 1 is 1.58 bits per heavy atom. The molecule has 0 spiro atoms. The number of anilines is 1. The summed E-state index contributed by atoms with van der Waals surface area (Å²) < 4.78 is 3.05. The number of nitrogen functional groups attached to an aromatic ring is 1. The van der Waals surface area contributed by atoms with Crippen LogP contribution in [0.5, 0.6) is 0 Å². The summed E-state index contributed by atoms with van der Waals surface area (Å²) in [7, 11) is 1.74. The molecule has 0 fully saturated rings. The summed E-state index contributed by atoms with van der Waals surface area (Å²) in [5, 5.41) is 8.65. The third-order valence-corrected chi connectivity index (χ3v) is 2.01. The highest BCUT2D eigenvalue weighted by Gasteiger charge is 2.09. The van der Waals surface area contributed by atoms with Gasteiger partial charge in [0.15, 0.2) is 0 Å². The van der Waals surface area contributed by atoms with Gasteiger partial charge in [-0.05, 0) is 6.92 Å². The number of aromatic nitrogens is 2. The first-order chi connectivity index (χ1) is 5.59. The lowest BCUT2D eigenvalue weighted by Gasteiger charge is -2.04. The molecule has 0 bridgehead atoms. The van der Waals surface area contributed by atoms with Gasteiger partial charge in [0.05, 0.1) is 18.8 Å². The van der Waals surface area contributed by atoms with Crippen LogP contribution in [0.4, 0.5) is 5.69 Å². The Kier molecular flexibility index (Phi) is 2.23. The molecule has 0 amide bonds. The van der Waals surface area contributed by atoms with Crippen molar-refractivity contribution in [1.82, 2.24) is 9.36 Å². The van der Waals surface area contributed by atoms with Crippen LogP contribution in [0, 0.1) is 6.92 Å². The predicted octanol–water partition coefficient (Wildman–Crippen LogP) is -0.930. The maximum atomic E-state index is 11.3. The van der Waals surface area contributed by atoms with Crippen molar-refractivity contribution in [2.24, 2.45) is 7.05 Å². The summed E-state index contributed by atoms with van der Waals surface area (Å²) >= 11 is 0. The summed E-state index contributed by atoms with van der Waals surface area (Å²) in [6.45, 7) is 1.99. The van der Waals surface area contributed by atoms with Crippen molar-refractivity contribution in [1.29, 1.82) is 0 Å². The molecule has 1 heterocycles. The average molecular weight is 171 g/mol. The number of nitrogens with two attached hydrogens (primary N) is 1. The van der Waals surface area contributed by atoms with Gasteiger partial charge in [-0.2, -0.15) is 0 Å². The van der Waals surface area contributed by atoms with E-state index in [1.54, 1.807) is 18.7 Å². The van der Waals surface area contributed by atoms with E-state index in [2.05, 4.69) is 0 Å². The van der Waals surface area contributed by atoms with Gasteiger partial charge >= 0.3 is 0 Å². The van der Waals surface area contributed by atoms with Gasteiger partial charge in [0.2, 0.25) is 0 Å². The Bertz CT molecular complexity index is 337. The number of hydrogen-bond donors (Lipinski definition) is 2. The standard InChI is InChI=1S/C7H13N3O2/c1-5-6(8)7(12)10(3-4-11)9(5)2/h11H,3-4,8H2,1-2H3. The van der Waals surface area contributed by atoms with Gasteiger partial charge < -0.3 is 10.8 Å². The lowest BCUT2D eigenvalue weighted by atomic mass is 10.4. The monoisotopic (exact) mass is 171 g/mol. The second kappa shape index (κ2) is 3.02. The summed E-state index contributed by atoms with van der Waals surface area (Å²) in [6, 6.07) is 0. The van der Waals surface area contributed by atoms with E-state index >= 15 is 0 Å². The van der Waals surface area contributed by atoms with Crippen molar-refractivity contribution < 1.29 is 5.11 Å². The molecule has 0 saturated carbocycles. The molecule has 0 radical (unpaired) electrons. The zero-order valence-electron chi connectivity index (χ0n) is 7.24. The van der Waals surface area contributed by atoms with E-state index in [4.69, 9.17) is 10.8 Å². The quantitative estimate of drug-likeness (QED) is 0.603. The lowest BCUT2D eigenvalue weighted by Crippen LogP contribution is -2.24. The van der Waals surface area contributed by atoms with Gasteiger partial charge in [0, 0.05) is 7.05 Å². The van der Waals surface area contributed by atoms with Crippen molar-refractivity contribution in [3.63, 3.8) is 0 Å². The highest BCUT2D eigenvalue weighted by atomic mass is 16.3. The van der Waals surface area contributed by atoms with Crippen LogP contribution in [-0.2, 0) is 13.6 Å². The van der Waals surface area contributed by atoms with E-state index in [-0.39, 0.29) is 24.4 Å². The SMILES string of the molecule is Cc1c(N)c(=O)n(CCO)n1C. The smallest absolute Gasteiger partial charge is 0.290 e. The molecule has 0 aliphatic carbocycles. The zero-order valence-corrected chi connectivity index (χ0v) is 7.24. The summed E-state index contributed by atoms with van der Waals surface area (Å²) in [4.78, 5) is 11.3. The molecule has 1 aromatic rings. The molecular weight excluding hydrogens is 158 g/mol. The fraction of sp³-hybridized carbons (Fsp3) is 0.571. The van der Waals surface area contributed by atoms with Crippen LogP contribution in [0.1, 0.15) is 5.69 Å². The first-order valence-electron chi connectivity index (χ1n) is 3.72. The van der Waals surface area contributed by atoms with E-state index in [9.17, 15) is 4.79 Å². The molecule has 5 nitrogen and oxygen atoms in total. The molecule has 0 aliphatic heterocycles. The Morgan fingerprint density at radius 2 is 2.17 bits per heavy atom. The Morgan fingerprint density at radius 3 is 2.50 bits per heavy atom. The van der Waals surface area contributed by atoms with Gasteiger partial charge in [0.1, 0.15) is 5.69 Å². The minimum Gasteiger partial charge on any atom is -0.394 e. The molecule has 1 rings (SSSR count). The van der Waals surface area contributed by atoms with Gasteiger partial charge in [-0.25, -0.2) is 4.68 Å². The maximum Gasteiger partial charge on any atom is 0.290 e. The molecular formula is C7H13N3O2. The van der Waals surface area contributed by atoms with Gasteiger partial charge in [-0.1, -0.05) is 0 Å². The Labute approximate surface area is 70.0 Å². The van der Waals surface area contributed by atoms with E-state index in [1.807, 2.05) is 0 Å². The molecule has 0 aromatic carbocycles. The summed E-state index contributed by atoms with van der Waals surface area (Å²) in [6.07, 6.45) is 0. The van der Waals surface area contributed by atoms with Crippen molar-refractivity contribution in [2.75, 3.05) is 12.3 Å². The molecule has 5 heteroatoms. The average Bonchev–Trinajstić information content (AvgIpc) is 2.23. The van der Waals surface area contributed by atoms with E-state index in [0.29, 0.717) is 0 Å². The third kappa shape index (κ3) is 1.12. The molecule has 3 N–H and O–H groups in total. The van der Waals surface area contributed by atoms with Crippen LogP contribution in [-0.4, -0.2) is 21.1 Å². The topological polar surface area (TPSA) is 73.2 Å². The van der Waals surface area contributed by atoms with Gasteiger partial charge in [0.25, 0.3) is 5.56 Å². The highest BCUT2D eigenvalue weighted by Crippen LogP contribution is 2.03. The number of hydrogen-bond acceptors (Lipinski definition) is 3. The lowest BCUT2D eigenvalue weighted by molar-refractivity contribution is 0.258. The minimum absolute atomic E-state index is 0.0589. The Balaban J connectivity index is 3.28. The van der Waals surface area contributed by atoms with Crippen LogP contribution < -0.4 is 11.3 Å². The normalized spacial score (nSPS) is 10.6. The third-order valence-electron chi connectivity index (χ3n) is 2.01. The molecule has 12 heavy (non-hydrogen) atoms. The van der Waals surface area contributed by atoms with Crippen LogP contribution >= 0.6 is 0 Å². The van der Waals surface area contributed by atoms with Gasteiger partial charge in [-0.3, -0.25) is 9.48 Å². The first kappa shape index (κ1) is 8.86. The number of aliphatic hydroxyl groups excluding tert-OH is 1. The molecule has 0 aliphatic rings. The Hall–Kier alpha value is -1.23. The van der Waals surface area contributed by atoms with Gasteiger partial charge in [-0.15, -0.1) is 0 Å². The van der Waals surface area contributed by atoms with Crippen molar-refractivity contribution in [2.45, 2.75) is 13.5 Å². The van der Waals surface area contributed by atoms with Crippen LogP contribution in [0.3, 0.4) is 0 Å². The largest absolute Gasteiger partial charge is 0.394 e. The first-order valence-corrected chi connectivity index (χ1v) is 3.72. The molecule has 0 atom stereocenters. The van der Waals surface area contributed by atoms with Crippen LogP contribution in [0.25, 0.3) is 0 Å². The van der Waals surface area contributed by atoms with Crippen molar-refractivity contribution in [3.8, 4) is 0 Å². The summed E-state index contributed by atoms with van der Waals surface area (Å²) in [5.74, 6) is 0. The minimum atomic E-state index is -0.232. The fourth-order valence-electron chi connectivity index (χ4n) is 1.13. The second-order valence-electron chi connectivity index (χ2n) is 2.67.